The molecule has 1 saturated heterocycles. The number of hydrogen-bond acceptors (Lipinski definition) is 2. The average molecular weight is 361 g/mol. The van der Waals surface area contributed by atoms with Crippen molar-refractivity contribution in [3.63, 3.8) is 0 Å². The van der Waals surface area contributed by atoms with Gasteiger partial charge < -0.3 is 0 Å². The third kappa shape index (κ3) is 3.74. The van der Waals surface area contributed by atoms with Crippen molar-refractivity contribution >= 4 is 31.8 Å². The molecule has 0 atom stereocenters. The van der Waals surface area contributed by atoms with E-state index >= 15 is 0 Å². The molecule has 0 aliphatic carbocycles. The Morgan fingerprint density at radius 1 is 1.05 bits per heavy atom. The second-order valence-corrected chi connectivity index (χ2v) is 7.81. The Morgan fingerprint density at radius 3 is 2.05 bits per heavy atom. The zero-order valence-electron chi connectivity index (χ0n) is 11.9. The van der Waals surface area contributed by atoms with Gasteiger partial charge in [-0.05, 0) is 49.9 Å². The topological polar surface area (TPSA) is 49.4 Å². The molecule has 112 valence electrons. The van der Waals surface area contributed by atoms with Crippen LogP contribution >= 0.6 is 15.9 Å². The van der Waals surface area contributed by atoms with Crippen molar-refractivity contribution in [2.45, 2.75) is 39.5 Å². The molecule has 0 bridgehead atoms. The van der Waals surface area contributed by atoms with Gasteiger partial charge in [-0.1, -0.05) is 28.8 Å². The Morgan fingerprint density at radius 2 is 1.55 bits per heavy atom. The maximum Gasteiger partial charge on any atom is 0.301 e. The van der Waals surface area contributed by atoms with Crippen LogP contribution in [0.3, 0.4) is 0 Å². The van der Waals surface area contributed by atoms with E-state index in [0.29, 0.717) is 18.8 Å². The molecule has 20 heavy (non-hydrogen) atoms. The van der Waals surface area contributed by atoms with Crippen LogP contribution in [0.2, 0.25) is 0 Å². The average Bonchev–Trinajstić information content (AvgIpc) is 2.64. The normalized spacial score (nSPS) is 17.8. The Bertz CT molecular complexity index is 556. The van der Waals surface area contributed by atoms with E-state index in [4.69, 9.17) is 0 Å². The molecule has 1 aromatic carbocycles. The van der Waals surface area contributed by atoms with Gasteiger partial charge >= 0.3 is 10.2 Å². The van der Waals surface area contributed by atoms with Gasteiger partial charge in [0.2, 0.25) is 0 Å². The molecule has 0 spiro atoms. The summed E-state index contributed by atoms with van der Waals surface area (Å²) in [7, 11) is -3.44. The first-order valence-electron chi connectivity index (χ1n) is 6.95. The van der Waals surface area contributed by atoms with Gasteiger partial charge in [0.05, 0.1) is 5.69 Å². The summed E-state index contributed by atoms with van der Waals surface area (Å²) < 4.78 is 30.1. The van der Waals surface area contributed by atoms with Crippen LogP contribution in [-0.4, -0.2) is 25.8 Å². The van der Waals surface area contributed by atoms with E-state index in [1.807, 2.05) is 26.0 Å². The molecule has 4 nitrogen and oxygen atoms in total. The number of anilines is 1. The largest absolute Gasteiger partial charge is 0.301 e. The summed E-state index contributed by atoms with van der Waals surface area (Å²) in [5.41, 5.74) is 2.68. The monoisotopic (exact) mass is 360 g/mol. The third-order valence-corrected chi connectivity index (χ3v) is 6.38. The highest BCUT2D eigenvalue weighted by molar-refractivity contribution is 9.10. The van der Waals surface area contributed by atoms with Crippen molar-refractivity contribution in [2.24, 2.45) is 0 Å². The standard InChI is InChI=1S/C14H21BrN2O2S/c1-11-9-13(10-12(2)14(11)15)16-20(18,19)17-7-5-3-4-6-8-17/h9-10,16H,3-8H2,1-2H3. The predicted molar refractivity (Wildman–Crippen MR) is 86.2 cm³/mol. The lowest BCUT2D eigenvalue weighted by molar-refractivity contribution is 0.427. The van der Waals surface area contributed by atoms with Gasteiger partial charge in [0.15, 0.2) is 0 Å². The molecule has 0 aromatic heterocycles. The second-order valence-electron chi connectivity index (χ2n) is 5.34. The fraction of sp³-hybridized carbons (Fsp3) is 0.571. The minimum Gasteiger partial charge on any atom is -0.271 e. The van der Waals surface area contributed by atoms with Crippen molar-refractivity contribution in [2.75, 3.05) is 17.8 Å². The first kappa shape index (κ1) is 15.8. The third-order valence-electron chi connectivity index (χ3n) is 3.59. The number of nitrogens with zero attached hydrogens (tertiary/aromatic N) is 1. The van der Waals surface area contributed by atoms with Crippen LogP contribution in [0.1, 0.15) is 36.8 Å². The van der Waals surface area contributed by atoms with Crippen LogP contribution in [0.25, 0.3) is 0 Å². The lowest BCUT2D eigenvalue weighted by Gasteiger charge is -2.21. The van der Waals surface area contributed by atoms with E-state index in [9.17, 15) is 8.42 Å². The quantitative estimate of drug-likeness (QED) is 0.894. The zero-order chi connectivity index (χ0) is 14.8. The fourth-order valence-electron chi connectivity index (χ4n) is 2.50. The summed E-state index contributed by atoms with van der Waals surface area (Å²) in [6.07, 6.45) is 4.11. The van der Waals surface area contributed by atoms with Gasteiger partial charge in [-0.15, -0.1) is 0 Å². The van der Waals surface area contributed by atoms with Gasteiger partial charge in [-0.25, -0.2) is 0 Å². The minimum absolute atomic E-state index is 0.615. The van der Waals surface area contributed by atoms with Crippen LogP contribution in [0.15, 0.2) is 16.6 Å². The number of benzene rings is 1. The number of aryl methyl sites for hydroxylation is 2. The van der Waals surface area contributed by atoms with Gasteiger partial charge in [-0.3, -0.25) is 4.72 Å². The molecule has 0 unspecified atom stereocenters. The molecular formula is C14H21BrN2O2S. The highest BCUT2D eigenvalue weighted by atomic mass is 79.9. The predicted octanol–water partition coefficient (Wildman–Crippen LogP) is 3.60. The van der Waals surface area contributed by atoms with Crippen molar-refractivity contribution < 1.29 is 8.42 Å². The van der Waals surface area contributed by atoms with Gasteiger partial charge in [0.25, 0.3) is 0 Å². The molecule has 6 heteroatoms. The number of halogens is 1. The van der Waals surface area contributed by atoms with E-state index in [1.54, 1.807) is 4.31 Å². The van der Waals surface area contributed by atoms with Gasteiger partial charge in [0, 0.05) is 17.6 Å². The molecule has 1 N–H and O–H groups in total. The molecule has 0 saturated carbocycles. The molecule has 1 aliphatic rings. The molecule has 1 aromatic rings. The molecule has 1 aliphatic heterocycles. The smallest absolute Gasteiger partial charge is 0.271 e. The maximum atomic E-state index is 12.4. The summed E-state index contributed by atoms with van der Waals surface area (Å²) >= 11 is 3.49. The van der Waals surface area contributed by atoms with Crippen molar-refractivity contribution in [3.05, 3.63) is 27.7 Å². The number of nitrogens with one attached hydrogen (secondary N) is 1. The highest BCUT2D eigenvalue weighted by Gasteiger charge is 2.23. The zero-order valence-corrected chi connectivity index (χ0v) is 14.3. The summed E-state index contributed by atoms with van der Waals surface area (Å²) in [4.78, 5) is 0. The van der Waals surface area contributed by atoms with Crippen molar-refractivity contribution in [1.82, 2.24) is 4.31 Å². The Labute approximate surface area is 129 Å². The lowest BCUT2D eigenvalue weighted by atomic mass is 10.1. The Hall–Kier alpha value is -0.590. The van der Waals surface area contributed by atoms with Gasteiger partial charge in [-0.2, -0.15) is 12.7 Å². The first-order chi connectivity index (χ1) is 9.40. The van der Waals surface area contributed by atoms with Crippen molar-refractivity contribution in [3.8, 4) is 0 Å². The van der Waals surface area contributed by atoms with Crippen LogP contribution in [0.4, 0.5) is 5.69 Å². The second kappa shape index (κ2) is 6.45. The van der Waals surface area contributed by atoms with Crippen molar-refractivity contribution in [1.29, 1.82) is 0 Å². The summed E-state index contributed by atoms with van der Waals surface area (Å²) in [6, 6.07) is 3.71. The maximum absolute atomic E-state index is 12.4. The van der Waals surface area contributed by atoms with Crippen LogP contribution in [0, 0.1) is 13.8 Å². The molecule has 2 rings (SSSR count). The minimum atomic E-state index is -3.44. The Kier molecular flexibility index (Phi) is 5.09. The van der Waals surface area contributed by atoms with Crippen LogP contribution in [0.5, 0.6) is 0 Å². The summed E-state index contributed by atoms with van der Waals surface area (Å²) in [6.45, 7) is 5.15. The molecule has 1 heterocycles. The van der Waals surface area contributed by atoms with Gasteiger partial charge in [0.1, 0.15) is 0 Å². The number of hydrogen-bond donors (Lipinski definition) is 1. The van der Waals surface area contributed by atoms with E-state index in [-0.39, 0.29) is 0 Å². The van der Waals surface area contributed by atoms with E-state index < -0.39 is 10.2 Å². The highest BCUT2D eigenvalue weighted by Crippen LogP contribution is 2.26. The molecule has 1 fully saturated rings. The molecule has 0 amide bonds. The summed E-state index contributed by atoms with van der Waals surface area (Å²) in [5.74, 6) is 0. The van der Waals surface area contributed by atoms with Crippen LogP contribution in [-0.2, 0) is 10.2 Å². The lowest BCUT2D eigenvalue weighted by Crippen LogP contribution is -2.36. The van der Waals surface area contributed by atoms with E-state index in [0.717, 1.165) is 41.3 Å². The Balaban J connectivity index is 2.19. The van der Waals surface area contributed by atoms with E-state index in [2.05, 4.69) is 20.7 Å². The molecule has 0 radical (unpaired) electrons. The molecular weight excluding hydrogens is 340 g/mol. The SMILES string of the molecule is Cc1cc(NS(=O)(=O)N2CCCCCC2)cc(C)c1Br. The first-order valence-corrected chi connectivity index (χ1v) is 9.18. The van der Waals surface area contributed by atoms with E-state index in [1.165, 1.54) is 0 Å². The summed E-state index contributed by atoms with van der Waals surface area (Å²) in [5, 5.41) is 0. The van der Waals surface area contributed by atoms with Crippen LogP contribution < -0.4 is 4.72 Å². The fourth-order valence-corrected chi connectivity index (χ4v) is 4.01. The number of rotatable bonds is 3.